The van der Waals surface area contributed by atoms with Gasteiger partial charge in [0.05, 0.1) is 36.4 Å². The molecule has 5 heterocycles. The van der Waals surface area contributed by atoms with Gasteiger partial charge in [0.25, 0.3) is 0 Å². The van der Waals surface area contributed by atoms with Crippen molar-refractivity contribution in [1.82, 2.24) is 34.0 Å². The molecule has 0 atom stereocenters. The largest absolute Gasteiger partial charge is 0.390 e. The van der Waals surface area contributed by atoms with E-state index in [9.17, 15) is 5.11 Å². The first kappa shape index (κ1) is 25.9. The lowest BCUT2D eigenvalue weighted by Crippen LogP contribution is -2.41. The minimum atomic E-state index is -0.626. The number of aryl methyl sites for hydroxylation is 1. The summed E-state index contributed by atoms with van der Waals surface area (Å²) in [7, 11) is 2.08. The molecule has 3 aliphatic rings. The maximum atomic E-state index is 10.5. The summed E-state index contributed by atoms with van der Waals surface area (Å²) in [6, 6.07) is 8.32. The van der Waals surface area contributed by atoms with Crippen LogP contribution in [0.4, 0.5) is 5.82 Å². The second-order valence-corrected chi connectivity index (χ2v) is 12.3. The molecule has 4 aromatic rings. The fourth-order valence-corrected chi connectivity index (χ4v) is 6.51. The maximum absolute atomic E-state index is 10.5. The van der Waals surface area contributed by atoms with Crippen LogP contribution in [0.15, 0.2) is 24.3 Å². The number of nitrogens with zero attached hydrogens (tertiary/aromatic N) is 8. The van der Waals surface area contributed by atoms with Gasteiger partial charge >= 0.3 is 0 Å². The number of rotatable bonds is 6. The molecule has 3 fully saturated rings. The van der Waals surface area contributed by atoms with Crippen LogP contribution in [0.2, 0.25) is 0 Å². The van der Waals surface area contributed by atoms with Crippen LogP contribution in [0.5, 0.6) is 0 Å². The number of piperidine rings is 1. The Balaban J connectivity index is 1.31. The minimum absolute atomic E-state index is 0.334. The first-order chi connectivity index (χ1) is 19.4. The number of morpholine rings is 1. The number of hydrogen-bond donors (Lipinski definition) is 1. The van der Waals surface area contributed by atoms with Crippen molar-refractivity contribution in [3.63, 3.8) is 0 Å². The molecule has 0 spiro atoms. The molecule has 212 valence electrons. The quantitative estimate of drug-likeness (QED) is 0.392. The summed E-state index contributed by atoms with van der Waals surface area (Å²) in [5, 5.41) is 10.5. The second-order valence-electron chi connectivity index (χ2n) is 12.3. The number of para-hydroxylation sites is 2. The van der Waals surface area contributed by atoms with Crippen LogP contribution in [0.3, 0.4) is 0 Å². The van der Waals surface area contributed by atoms with Crippen molar-refractivity contribution in [2.75, 3.05) is 44.3 Å². The molecule has 0 amide bonds. The zero-order valence-electron chi connectivity index (χ0n) is 23.9. The fraction of sp³-hybridized carbons (Fsp3) is 0.600. The molecule has 0 bridgehead atoms. The molecule has 1 saturated carbocycles. The van der Waals surface area contributed by atoms with Crippen molar-refractivity contribution in [3.8, 4) is 5.95 Å². The minimum Gasteiger partial charge on any atom is -0.390 e. The van der Waals surface area contributed by atoms with E-state index in [0.29, 0.717) is 31.0 Å². The van der Waals surface area contributed by atoms with E-state index in [-0.39, 0.29) is 0 Å². The number of aromatic nitrogens is 6. The van der Waals surface area contributed by atoms with Crippen molar-refractivity contribution in [3.05, 3.63) is 35.9 Å². The molecule has 2 saturated heterocycles. The number of anilines is 1. The molecule has 1 aromatic carbocycles. The highest BCUT2D eigenvalue weighted by molar-refractivity contribution is 5.86. The van der Waals surface area contributed by atoms with E-state index in [2.05, 4.69) is 44.2 Å². The summed E-state index contributed by atoms with van der Waals surface area (Å²) in [5.41, 5.74) is 3.11. The first-order valence-electron chi connectivity index (χ1n) is 14.9. The average Bonchev–Trinajstić information content (AvgIpc) is 3.45. The zero-order chi connectivity index (χ0) is 27.4. The summed E-state index contributed by atoms with van der Waals surface area (Å²) >= 11 is 0. The predicted molar refractivity (Wildman–Crippen MR) is 155 cm³/mol. The van der Waals surface area contributed by atoms with E-state index in [1.54, 1.807) is 0 Å². The average molecular weight is 545 g/mol. The van der Waals surface area contributed by atoms with Crippen LogP contribution < -0.4 is 4.90 Å². The molecule has 10 nitrogen and oxygen atoms in total. The van der Waals surface area contributed by atoms with Crippen molar-refractivity contribution in [1.29, 1.82) is 0 Å². The van der Waals surface area contributed by atoms with E-state index in [4.69, 9.17) is 24.7 Å². The molecule has 3 aromatic heterocycles. The predicted octanol–water partition coefficient (Wildman–Crippen LogP) is 3.79. The van der Waals surface area contributed by atoms with E-state index >= 15 is 0 Å². The van der Waals surface area contributed by atoms with Crippen LogP contribution >= 0.6 is 0 Å². The SMILES string of the molecule is Cn1c(CN2CCC(C(C)(C)O)CC2)nc2c(N3CCOCC3)nc(-n3c(C4CCC4)nc4ccccc43)nc21. The summed E-state index contributed by atoms with van der Waals surface area (Å²) < 4.78 is 10.0. The Morgan fingerprint density at radius 1 is 0.950 bits per heavy atom. The highest BCUT2D eigenvalue weighted by Gasteiger charge is 2.32. The Kier molecular flexibility index (Phi) is 6.52. The molecule has 7 rings (SSSR count). The molecule has 10 heteroatoms. The van der Waals surface area contributed by atoms with Crippen LogP contribution in [-0.4, -0.2) is 84.1 Å². The van der Waals surface area contributed by atoms with E-state index in [1.165, 1.54) is 6.42 Å². The van der Waals surface area contributed by atoms with Gasteiger partial charge < -0.3 is 19.3 Å². The van der Waals surface area contributed by atoms with E-state index in [1.807, 2.05) is 19.9 Å². The third kappa shape index (κ3) is 4.55. The standard InChI is InChI=1S/C30H40N8O2/c1-30(2,39)21-11-13-36(14-12-21)19-24-32-25-27(35(24)3)33-29(34-28(25)37-15-17-40-18-16-37)38-23-10-5-4-9-22(23)31-26(38)20-7-6-8-20/h4-5,9-10,20-21,39H,6-8,11-19H2,1-3H3. The number of aliphatic hydroxyl groups is 1. The number of imidazole rings is 2. The summed E-state index contributed by atoms with van der Waals surface area (Å²) in [6.45, 7) is 9.45. The lowest BCUT2D eigenvalue weighted by molar-refractivity contribution is -0.0139. The summed E-state index contributed by atoms with van der Waals surface area (Å²) in [6.07, 6.45) is 5.54. The molecule has 0 radical (unpaired) electrons. The smallest absolute Gasteiger partial charge is 0.239 e. The van der Waals surface area contributed by atoms with Gasteiger partial charge in [-0.15, -0.1) is 0 Å². The van der Waals surface area contributed by atoms with E-state index < -0.39 is 5.60 Å². The molecule has 40 heavy (non-hydrogen) atoms. The van der Waals surface area contributed by atoms with Crippen LogP contribution in [0.1, 0.15) is 63.5 Å². The Morgan fingerprint density at radius 3 is 2.40 bits per heavy atom. The number of hydrogen-bond acceptors (Lipinski definition) is 8. The normalized spacial score (nSPS) is 20.1. The van der Waals surface area contributed by atoms with Gasteiger partial charge in [0.15, 0.2) is 17.0 Å². The lowest BCUT2D eigenvalue weighted by atomic mass is 9.83. The Bertz CT molecular complexity index is 1520. The highest BCUT2D eigenvalue weighted by Crippen LogP contribution is 2.39. The van der Waals surface area contributed by atoms with E-state index in [0.717, 1.165) is 98.1 Å². The van der Waals surface area contributed by atoms with Crippen LogP contribution in [0, 0.1) is 5.92 Å². The molecule has 2 aliphatic heterocycles. The Labute approximate surface area is 235 Å². The topological polar surface area (TPSA) is 97.4 Å². The Hall–Kier alpha value is -3.08. The van der Waals surface area contributed by atoms with Gasteiger partial charge in [0, 0.05) is 26.1 Å². The third-order valence-electron chi connectivity index (χ3n) is 9.30. The van der Waals surface area contributed by atoms with Gasteiger partial charge in [-0.2, -0.15) is 9.97 Å². The van der Waals surface area contributed by atoms with Gasteiger partial charge in [-0.1, -0.05) is 18.6 Å². The van der Waals surface area contributed by atoms with Crippen LogP contribution in [-0.2, 0) is 18.3 Å². The maximum Gasteiger partial charge on any atom is 0.239 e. The van der Waals surface area contributed by atoms with Gasteiger partial charge in [-0.05, 0) is 70.7 Å². The monoisotopic (exact) mass is 544 g/mol. The van der Waals surface area contributed by atoms with Crippen molar-refractivity contribution in [2.24, 2.45) is 13.0 Å². The molecule has 1 N–H and O–H groups in total. The summed E-state index contributed by atoms with van der Waals surface area (Å²) in [5.74, 6) is 4.38. The number of fused-ring (bicyclic) bond motifs is 2. The van der Waals surface area contributed by atoms with Gasteiger partial charge in [0.1, 0.15) is 11.6 Å². The van der Waals surface area contributed by atoms with Crippen molar-refractivity contribution in [2.45, 2.75) is 64.0 Å². The second kappa shape index (κ2) is 10.1. The third-order valence-corrected chi connectivity index (χ3v) is 9.30. The zero-order valence-corrected chi connectivity index (χ0v) is 23.9. The van der Waals surface area contributed by atoms with Crippen LogP contribution in [0.25, 0.3) is 28.1 Å². The molecular weight excluding hydrogens is 504 g/mol. The van der Waals surface area contributed by atoms with Gasteiger partial charge in [0.2, 0.25) is 5.95 Å². The molecule has 0 unspecified atom stereocenters. The summed E-state index contributed by atoms with van der Waals surface area (Å²) in [4.78, 5) is 25.4. The number of benzene rings is 1. The number of likely N-dealkylation sites (tertiary alicyclic amines) is 1. The molecular formula is C30H40N8O2. The fourth-order valence-electron chi connectivity index (χ4n) is 6.51. The number of ether oxygens (including phenoxy) is 1. The first-order valence-corrected chi connectivity index (χ1v) is 14.9. The Morgan fingerprint density at radius 2 is 1.70 bits per heavy atom. The van der Waals surface area contributed by atoms with Gasteiger partial charge in [-0.3, -0.25) is 9.47 Å². The van der Waals surface area contributed by atoms with Crippen molar-refractivity contribution >= 4 is 28.0 Å². The highest BCUT2D eigenvalue weighted by atomic mass is 16.5. The lowest BCUT2D eigenvalue weighted by Gasteiger charge is -2.37. The molecule has 1 aliphatic carbocycles. The van der Waals surface area contributed by atoms with Crippen molar-refractivity contribution < 1.29 is 9.84 Å². The van der Waals surface area contributed by atoms with Gasteiger partial charge in [-0.25, -0.2) is 9.97 Å².